The van der Waals surface area contributed by atoms with Crippen LogP contribution in [0.25, 0.3) is 10.9 Å². The van der Waals surface area contributed by atoms with Gasteiger partial charge < -0.3 is 9.47 Å². The van der Waals surface area contributed by atoms with E-state index < -0.39 is 29.0 Å². The van der Waals surface area contributed by atoms with Gasteiger partial charge in [0.1, 0.15) is 0 Å². The molecule has 1 N–H and O–H groups in total. The Kier molecular flexibility index (Phi) is 4.91. The molecule has 0 aliphatic carbocycles. The summed E-state index contributed by atoms with van der Waals surface area (Å²) in [5, 5.41) is 4.39. The molecular weight excluding hydrogens is 428 g/mol. The number of halogens is 6. The van der Waals surface area contributed by atoms with Gasteiger partial charge in [-0.1, -0.05) is 6.07 Å². The maximum absolute atomic E-state index is 13.3. The number of aryl methyl sites for hydroxylation is 1. The van der Waals surface area contributed by atoms with Crippen molar-refractivity contribution in [3.8, 4) is 11.5 Å². The van der Waals surface area contributed by atoms with Crippen molar-refractivity contribution < 1.29 is 35.8 Å². The highest BCUT2D eigenvalue weighted by Gasteiger charge is 2.37. The molecule has 0 unspecified atom stereocenters. The SMILES string of the molecule is Cc1cc(N/N=C/c2ccc(C(F)(F)F)cc2C(F)(F)F)c2cc3c(cc2n1)OCO3. The minimum Gasteiger partial charge on any atom is -0.454 e. The average Bonchev–Trinajstić information content (AvgIpc) is 3.12. The van der Waals surface area contributed by atoms with Crippen LogP contribution in [-0.2, 0) is 12.4 Å². The van der Waals surface area contributed by atoms with Crippen molar-refractivity contribution >= 4 is 22.8 Å². The molecule has 5 nitrogen and oxygen atoms in total. The van der Waals surface area contributed by atoms with Crippen molar-refractivity contribution in [2.75, 3.05) is 12.2 Å². The van der Waals surface area contributed by atoms with Gasteiger partial charge in [0.05, 0.1) is 28.5 Å². The summed E-state index contributed by atoms with van der Waals surface area (Å²) >= 11 is 0. The highest BCUT2D eigenvalue weighted by Crippen LogP contribution is 2.39. The first-order valence-electron chi connectivity index (χ1n) is 8.81. The van der Waals surface area contributed by atoms with Crippen LogP contribution in [0.1, 0.15) is 22.4 Å². The van der Waals surface area contributed by atoms with Crippen LogP contribution in [0, 0.1) is 6.92 Å². The summed E-state index contributed by atoms with van der Waals surface area (Å²) in [4.78, 5) is 4.38. The van der Waals surface area contributed by atoms with Crippen molar-refractivity contribution in [3.05, 3.63) is 58.8 Å². The van der Waals surface area contributed by atoms with E-state index in [1.54, 1.807) is 25.1 Å². The monoisotopic (exact) mass is 441 g/mol. The molecule has 0 saturated heterocycles. The smallest absolute Gasteiger partial charge is 0.417 e. The van der Waals surface area contributed by atoms with Gasteiger partial charge in [-0.2, -0.15) is 31.4 Å². The van der Waals surface area contributed by atoms with E-state index in [2.05, 4.69) is 15.5 Å². The average molecular weight is 441 g/mol. The number of ether oxygens (including phenoxy) is 2. The van der Waals surface area contributed by atoms with Crippen LogP contribution in [0.3, 0.4) is 0 Å². The minimum absolute atomic E-state index is 0.0553. The Morgan fingerprint density at radius 1 is 0.968 bits per heavy atom. The number of nitrogens with zero attached hydrogens (tertiary/aromatic N) is 2. The molecule has 0 radical (unpaired) electrons. The molecule has 162 valence electrons. The second-order valence-corrected chi connectivity index (χ2v) is 6.70. The summed E-state index contributed by atoms with van der Waals surface area (Å²) in [5.74, 6) is 0.993. The molecule has 0 amide bonds. The third-order valence-corrected chi connectivity index (χ3v) is 4.51. The van der Waals surface area contributed by atoms with Crippen LogP contribution < -0.4 is 14.9 Å². The molecule has 2 heterocycles. The van der Waals surface area contributed by atoms with Gasteiger partial charge in [0.2, 0.25) is 6.79 Å². The van der Waals surface area contributed by atoms with Crippen molar-refractivity contribution in [3.63, 3.8) is 0 Å². The quantitative estimate of drug-likeness (QED) is 0.319. The Balaban J connectivity index is 1.68. The molecule has 1 aliphatic heterocycles. The van der Waals surface area contributed by atoms with Crippen molar-refractivity contribution in [2.24, 2.45) is 5.10 Å². The van der Waals surface area contributed by atoms with Crippen LogP contribution in [0.15, 0.2) is 41.5 Å². The van der Waals surface area contributed by atoms with Gasteiger partial charge in [0.15, 0.2) is 11.5 Å². The number of rotatable bonds is 3. The topological polar surface area (TPSA) is 55.7 Å². The first-order chi connectivity index (χ1) is 14.5. The second-order valence-electron chi connectivity index (χ2n) is 6.70. The van der Waals surface area contributed by atoms with Gasteiger partial charge >= 0.3 is 12.4 Å². The zero-order valence-corrected chi connectivity index (χ0v) is 15.7. The van der Waals surface area contributed by atoms with Gasteiger partial charge in [-0.05, 0) is 31.2 Å². The van der Waals surface area contributed by atoms with Crippen LogP contribution in [0.5, 0.6) is 11.5 Å². The van der Waals surface area contributed by atoms with Crippen molar-refractivity contribution in [1.82, 2.24) is 4.98 Å². The number of hydrogen-bond acceptors (Lipinski definition) is 5. The summed E-state index contributed by atoms with van der Waals surface area (Å²) in [6.45, 7) is 1.77. The Hall–Kier alpha value is -3.50. The first-order valence-corrected chi connectivity index (χ1v) is 8.81. The fourth-order valence-electron chi connectivity index (χ4n) is 3.10. The predicted octanol–water partition coefficient (Wildman–Crippen LogP) is 5.76. The van der Waals surface area contributed by atoms with Gasteiger partial charge in [-0.25, -0.2) is 0 Å². The van der Waals surface area contributed by atoms with Crippen LogP contribution in [0.2, 0.25) is 0 Å². The fraction of sp³-hybridized carbons (Fsp3) is 0.200. The number of pyridine rings is 1. The molecule has 3 aromatic rings. The largest absolute Gasteiger partial charge is 0.454 e. The molecule has 31 heavy (non-hydrogen) atoms. The lowest BCUT2D eigenvalue weighted by molar-refractivity contribution is -0.143. The highest BCUT2D eigenvalue weighted by molar-refractivity contribution is 5.94. The third-order valence-electron chi connectivity index (χ3n) is 4.51. The summed E-state index contributed by atoms with van der Waals surface area (Å²) in [5.41, 5.74) is 0.875. The maximum atomic E-state index is 13.3. The van der Waals surface area contributed by atoms with Gasteiger partial charge in [-0.3, -0.25) is 10.4 Å². The zero-order chi connectivity index (χ0) is 22.4. The predicted molar refractivity (Wildman–Crippen MR) is 100 cm³/mol. The zero-order valence-electron chi connectivity index (χ0n) is 15.7. The number of benzene rings is 2. The number of anilines is 1. The van der Waals surface area contributed by atoms with E-state index >= 15 is 0 Å². The number of nitrogens with one attached hydrogen (secondary N) is 1. The van der Waals surface area contributed by atoms with Gasteiger partial charge in [-0.15, -0.1) is 0 Å². The molecule has 0 fully saturated rings. The van der Waals surface area contributed by atoms with E-state index in [-0.39, 0.29) is 12.9 Å². The second kappa shape index (κ2) is 7.33. The third kappa shape index (κ3) is 4.21. The summed E-state index contributed by atoms with van der Waals surface area (Å²) in [7, 11) is 0. The molecule has 4 rings (SSSR count). The molecule has 11 heteroatoms. The standard InChI is InChI=1S/C20H13F6N3O2/c1-10-4-16(13-6-17-18(31-9-30-17)7-15(13)28-10)29-27-8-11-2-3-12(19(21,22)23)5-14(11)20(24,25)26/h2-8H,9H2,1H3,(H,28,29)/b27-8+. The lowest BCUT2D eigenvalue weighted by Crippen LogP contribution is -2.13. The normalized spacial score (nSPS) is 13.9. The van der Waals surface area contributed by atoms with E-state index in [4.69, 9.17) is 9.47 Å². The molecule has 2 aromatic carbocycles. The molecular formula is C20H13F6N3O2. The van der Waals surface area contributed by atoms with Gasteiger partial charge in [0.25, 0.3) is 0 Å². The van der Waals surface area contributed by atoms with Gasteiger partial charge in [0, 0.05) is 22.7 Å². The van der Waals surface area contributed by atoms with E-state index in [9.17, 15) is 26.3 Å². The lowest BCUT2D eigenvalue weighted by atomic mass is 10.0. The van der Waals surface area contributed by atoms with E-state index in [1.165, 1.54) is 0 Å². The molecule has 1 aliphatic rings. The van der Waals surface area contributed by atoms with Crippen LogP contribution in [-0.4, -0.2) is 18.0 Å². The Bertz CT molecular complexity index is 1190. The molecule has 1 aromatic heterocycles. The van der Waals surface area contributed by atoms with Crippen molar-refractivity contribution in [1.29, 1.82) is 0 Å². The van der Waals surface area contributed by atoms with Crippen molar-refractivity contribution in [2.45, 2.75) is 19.3 Å². The Labute approximate surface area is 171 Å². The summed E-state index contributed by atoms with van der Waals surface area (Å²) < 4.78 is 88.9. The van der Waals surface area contributed by atoms with E-state index in [0.717, 1.165) is 12.3 Å². The number of hydrazone groups is 1. The number of aromatic nitrogens is 1. The maximum Gasteiger partial charge on any atom is 0.417 e. The minimum atomic E-state index is -4.99. The molecule has 0 saturated carbocycles. The first kappa shape index (κ1) is 20.8. The summed E-state index contributed by atoms with van der Waals surface area (Å²) in [6.07, 6.45) is -9.06. The summed E-state index contributed by atoms with van der Waals surface area (Å²) in [6, 6.07) is 6.31. The number of alkyl halides is 6. The Morgan fingerprint density at radius 2 is 1.68 bits per heavy atom. The lowest BCUT2D eigenvalue weighted by Gasteiger charge is -2.14. The molecule has 0 bridgehead atoms. The highest BCUT2D eigenvalue weighted by atomic mass is 19.4. The van der Waals surface area contributed by atoms with Crippen LogP contribution >= 0.6 is 0 Å². The van der Waals surface area contributed by atoms with Crippen LogP contribution in [0.4, 0.5) is 32.0 Å². The Morgan fingerprint density at radius 3 is 2.35 bits per heavy atom. The van der Waals surface area contributed by atoms with E-state index in [0.29, 0.717) is 39.8 Å². The molecule has 0 atom stereocenters. The number of hydrogen-bond donors (Lipinski definition) is 1. The molecule has 0 spiro atoms. The number of fused-ring (bicyclic) bond motifs is 2. The fourth-order valence-corrected chi connectivity index (χ4v) is 3.10. The van der Waals surface area contributed by atoms with E-state index in [1.807, 2.05) is 0 Å².